The van der Waals surface area contributed by atoms with Crippen LogP contribution in [-0.4, -0.2) is 36.7 Å². The standard InChI is InChI=1S/C17H23NO5/c1-22-13-8-12(9-14(10-13)23-2)4-5-15(19)18-17(6-3-7-17)11-16(20)21/h8-10H,3-7,11H2,1-2H3,(H,18,19)(H,20,21). The maximum atomic E-state index is 12.1. The summed E-state index contributed by atoms with van der Waals surface area (Å²) in [7, 11) is 3.16. The highest BCUT2D eigenvalue weighted by Crippen LogP contribution is 2.35. The molecule has 1 fully saturated rings. The minimum absolute atomic E-state index is 0.00821. The lowest BCUT2D eigenvalue weighted by Crippen LogP contribution is -2.54. The molecule has 2 rings (SSSR count). The molecule has 0 spiro atoms. The molecule has 0 bridgehead atoms. The average Bonchev–Trinajstić information content (AvgIpc) is 2.49. The zero-order valence-electron chi connectivity index (χ0n) is 13.6. The number of carbonyl (C=O) groups excluding carboxylic acids is 1. The van der Waals surface area contributed by atoms with Gasteiger partial charge in [-0.15, -0.1) is 0 Å². The third-order valence-electron chi connectivity index (χ3n) is 4.26. The number of benzene rings is 1. The van der Waals surface area contributed by atoms with E-state index in [-0.39, 0.29) is 12.3 Å². The second kappa shape index (κ2) is 7.35. The molecule has 1 saturated carbocycles. The highest BCUT2D eigenvalue weighted by atomic mass is 16.5. The van der Waals surface area contributed by atoms with Gasteiger partial charge in [-0.1, -0.05) is 0 Å². The summed E-state index contributed by atoms with van der Waals surface area (Å²) in [6, 6.07) is 5.51. The van der Waals surface area contributed by atoms with Crippen molar-refractivity contribution in [3.8, 4) is 11.5 Å². The summed E-state index contributed by atoms with van der Waals surface area (Å²) in [4.78, 5) is 23.1. The van der Waals surface area contributed by atoms with Crippen molar-refractivity contribution in [2.45, 2.75) is 44.1 Å². The maximum Gasteiger partial charge on any atom is 0.305 e. The van der Waals surface area contributed by atoms with Crippen molar-refractivity contribution >= 4 is 11.9 Å². The van der Waals surface area contributed by atoms with Crippen LogP contribution in [0.4, 0.5) is 0 Å². The highest BCUT2D eigenvalue weighted by molar-refractivity contribution is 5.78. The zero-order valence-corrected chi connectivity index (χ0v) is 13.6. The van der Waals surface area contributed by atoms with Crippen molar-refractivity contribution in [3.63, 3.8) is 0 Å². The van der Waals surface area contributed by atoms with Gasteiger partial charge in [0.05, 0.1) is 26.2 Å². The fourth-order valence-electron chi connectivity index (χ4n) is 2.87. The van der Waals surface area contributed by atoms with Gasteiger partial charge < -0.3 is 19.9 Å². The van der Waals surface area contributed by atoms with Crippen LogP contribution < -0.4 is 14.8 Å². The van der Waals surface area contributed by atoms with Crippen LogP contribution in [0.5, 0.6) is 11.5 Å². The van der Waals surface area contributed by atoms with E-state index in [2.05, 4.69) is 5.32 Å². The van der Waals surface area contributed by atoms with Crippen LogP contribution in [0.25, 0.3) is 0 Å². The summed E-state index contributed by atoms with van der Waals surface area (Å²) in [5, 5.41) is 11.9. The van der Waals surface area contributed by atoms with E-state index in [9.17, 15) is 9.59 Å². The van der Waals surface area contributed by atoms with Crippen LogP contribution in [0.2, 0.25) is 0 Å². The summed E-state index contributed by atoms with van der Waals surface area (Å²) in [6.07, 6.45) is 3.27. The molecule has 0 atom stereocenters. The molecule has 0 heterocycles. The van der Waals surface area contributed by atoms with Gasteiger partial charge in [-0.05, 0) is 43.4 Å². The normalized spacial score (nSPS) is 15.4. The van der Waals surface area contributed by atoms with Gasteiger partial charge >= 0.3 is 5.97 Å². The van der Waals surface area contributed by atoms with Crippen molar-refractivity contribution in [1.29, 1.82) is 0 Å². The predicted octanol–water partition coefficient (Wildman–Crippen LogP) is 2.15. The lowest BCUT2D eigenvalue weighted by Gasteiger charge is -2.41. The fourth-order valence-corrected chi connectivity index (χ4v) is 2.87. The molecule has 1 aromatic carbocycles. The lowest BCUT2D eigenvalue weighted by molar-refractivity contribution is -0.140. The Kier molecular flexibility index (Phi) is 5.47. The van der Waals surface area contributed by atoms with Crippen LogP contribution in [0.1, 0.15) is 37.7 Å². The van der Waals surface area contributed by atoms with Crippen molar-refractivity contribution in [2.24, 2.45) is 0 Å². The number of rotatable bonds is 8. The topological polar surface area (TPSA) is 84.9 Å². The van der Waals surface area contributed by atoms with Gasteiger partial charge in [0.15, 0.2) is 0 Å². The van der Waals surface area contributed by atoms with E-state index in [0.29, 0.717) is 24.3 Å². The van der Waals surface area contributed by atoms with Gasteiger partial charge in [-0.2, -0.15) is 0 Å². The molecule has 126 valence electrons. The first kappa shape index (κ1) is 17.1. The minimum atomic E-state index is -0.873. The Bertz CT molecular complexity index is 558. The molecule has 2 N–H and O–H groups in total. The van der Waals surface area contributed by atoms with E-state index in [1.807, 2.05) is 12.1 Å². The maximum absolute atomic E-state index is 12.1. The largest absolute Gasteiger partial charge is 0.497 e. The van der Waals surface area contributed by atoms with Crippen molar-refractivity contribution < 1.29 is 24.2 Å². The molecule has 23 heavy (non-hydrogen) atoms. The number of nitrogens with one attached hydrogen (secondary N) is 1. The molecule has 0 aromatic heterocycles. The molecule has 1 aliphatic rings. The summed E-state index contributed by atoms with van der Waals surface area (Å²) in [5.41, 5.74) is 0.395. The SMILES string of the molecule is COc1cc(CCC(=O)NC2(CC(=O)O)CCC2)cc(OC)c1. The number of hydrogen-bond donors (Lipinski definition) is 2. The first-order valence-electron chi connectivity index (χ1n) is 7.71. The Morgan fingerprint density at radius 1 is 1.17 bits per heavy atom. The third kappa shape index (κ3) is 4.61. The van der Waals surface area contributed by atoms with Crippen LogP contribution >= 0.6 is 0 Å². The Hall–Kier alpha value is -2.24. The van der Waals surface area contributed by atoms with Gasteiger partial charge in [-0.3, -0.25) is 9.59 Å². The Morgan fingerprint density at radius 3 is 2.22 bits per heavy atom. The van der Waals surface area contributed by atoms with Crippen molar-refractivity contribution in [2.75, 3.05) is 14.2 Å². The zero-order chi connectivity index (χ0) is 16.9. The first-order valence-corrected chi connectivity index (χ1v) is 7.71. The number of carbonyl (C=O) groups is 2. The third-order valence-corrected chi connectivity index (χ3v) is 4.26. The number of carboxylic acid groups (broad SMARTS) is 1. The van der Waals surface area contributed by atoms with E-state index in [1.54, 1.807) is 20.3 Å². The predicted molar refractivity (Wildman–Crippen MR) is 84.8 cm³/mol. The summed E-state index contributed by atoms with van der Waals surface area (Å²) in [6.45, 7) is 0. The molecule has 1 amide bonds. The number of ether oxygens (including phenoxy) is 2. The average molecular weight is 321 g/mol. The summed E-state index contributed by atoms with van der Waals surface area (Å²) >= 11 is 0. The van der Waals surface area contributed by atoms with E-state index in [0.717, 1.165) is 24.8 Å². The van der Waals surface area contributed by atoms with E-state index in [1.165, 1.54) is 0 Å². The van der Waals surface area contributed by atoms with Gasteiger partial charge in [0.1, 0.15) is 11.5 Å². The van der Waals surface area contributed by atoms with E-state index in [4.69, 9.17) is 14.6 Å². The summed E-state index contributed by atoms with van der Waals surface area (Å²) < 4.78 is 10.4. The molecule has 0 aliphatic heterocycles. The summed E-state index contributed by atoms with van der Waals surface area (Å²) in [5.74, 6) is 0.373. The molecule has 6 nitrogen and oxygen atoms in total. The number of carboxylic acids is 1. The monoisotopic (exact) mass is 321 g/mol. The Morgan fingerprint density at radius 2 is 1.78 bits per heavy atom. The molecular formula is C17H23NO5. The van der Waals surface area contributed by atoms with Gasteiger partial charge in [0.2, 0.25) is 5.91 Å². The number of hydrogen-bond acceptors (Lipinski definition) is 4. The fraction of sp³-hybridized carbons (Fsp3) is 0.529. The Balaban J connectivity index is 1.92. The van der Waals surface area contributed by atoms with Crippen LogP contribution in [-0.2, 0) is 16.0 Å². The van der Waals surface area contributed by atoms with Crippen molar-refractivity contribution in [3.05, 3.63) is 23.8 Å². The quantitative estimate of drug-likeness (QED) is 0.766. The number of aliphatic carboxylic acids is 1. The van der Waals surface area contributed by atoms with Gasteiger partial charge in [0.25, 0.3) is 0 Å². The second-order valence-corrected chi connectivity index (χ2v) is 5.97. The van der Waals surface area contributed by atoms with Crippen LogP contribution in [0, 0.1) is 0 Å². The molecule has 0 radical (unpaired) electrons. The number of aryl methyl sites for hydroxylation is 1. The Labute approximate surface area is 135 Å². The number of amides is 1. The van der Waals surface area contributed by atoms with E-state index >= 15 is 0 Å². The van der Waals surface area contributed by atoms with Gasteiger partial charge in [-0.25, -0.2) is 0 Å². The molecule has 6 heteroatoms. The molecule has 0 saturated heterocycles. The van der Waals surface area contributed by atoms with Gasteiger partial charge in [0, 0.05) is 12.5 Å². The molecule has 1 aromatic rings. The lowest BCUT2D eigenvalue weighted by atomic mass is 9.74. The minimum Gasteiger partial charge on any atom is -0.497 e. The molecular weight excluding hydrogens is 298 g/mol. The van der Waals surface area contributed by atoms with Crippen LogP contribution in [0.15, 0.2) is 18.2 Å². The number of methoxy groups -OCH3 is 2. The van der Waals surface area contributed by atoms with E-state index < -0.39 is 11.5 Å². The first-order chi connectivity index (χ1) is 11.0. The molecule has 0 unspecified atom stereocenters. The van der Waals surface area contributed by atoms with Crippen LogP contribution in [0.3, 0.4) is 0 Å². The highest BCUT2D eigenvalue weighted by Gasteiger charge is 2.40. The smallest absolute Gasteiger partial charge is 0.305 e. The second-order valence-electron chi connectivity index (χ2n) is 5.97. The molecule has 1 aliphatic carbocycles. The van der Waals surface area contributed by atoms with Crippen molar-refractivity contribution in [1.82, 2.24) is 5.32 Å².